The predicted molar refractivity (Wildman–Crippen MR) is 95.5 cm³/mol. The van der Waals surface area contributed by atoms with Crippen molar-refractivity contribution < 1.29 is 24.5 Å². The number of nitrogens with zero attached hydrogens (tertiary/aromatic N) is 1. The van der Waals surface area contributed by atoms with E-state index in [0.717, 1.165) is 0 Å². The van der Waals surface area contributed by atoms with Gasteiger partial charge in [0.1, 0.15) is 11.5 Å². The van der Waals surface area contributed by atoms with Crippen molar-refractivity contribution >= 4 is 17.4 Å². The van der Waals surface area contributed by atoms with Crippen molar-refractivity contribution in [3.8, 4) is 5.75 Å². The van der Waals surface area contributed by atoms with Crippen LogP contribution in [-0.4, -0.2) is 47.1 Å². The maximum atomic E-state index is 12.6. The van der Waals surface area contributed by atoms with Gasteiger partial charge in [0.05, 0.1) is 25.3 Å². The van der Waals surface area contributed by atoms with Crippen LogP contribution < -0.4 is 4.74 Å². The minimum Gasteiger partial charge on any atom is -0.507 e. The zero-order valence-electron chi connectivity index (χ0n) is 14.3. The molecule has 6 nitrogen and oxygen atoms in total. The number of ketones is 1. The van der Waals surface area contributed by atoms with Crippen molar-refractivity contribution in [3.63, 3.8) is 0 Å². The Kier molecular flexibility index (Phi) is 5.04. The summed E-state index contributed by atoms with van der Waals surface area (Å²) in [5, 5.41) is 20.0. The molecular formula is C20H19NO5. The Bertz CT molecular complexity index is 842. The molecule has 2 aromatic carbocycles. The van der Waals surface area contributed by atoms with Crippen LogP contribution in [0.4, 0.5) is 0 Å². The van der Waals surface area contributed by atoms with Gasteiger partial charge in [0.25, 0.3) is 11.7 Å². The van der Waals surface area contributed by atoms with E-state index in [1.807, 2.05) is 0 Å². The number of aliphatic hydroxyl groups excluding tert-OH is 2. The van der Waals surface area contributed by atoms with Gasteiger partial charge in [0, 0.05) is 12.1 Å². The average Bonchev–Trinajstić information content (AvgIpc) is 2.93. The van der Waals surface area contributed by atoms with Gasteiger partial charge in [-0.25, -0.2) is 0 Å². The highest BCUT2D eigenvalue weighted by molar-refractivity contribution is 6.46. The Hall–Kier alpha value is -3.12. The molecular weight excluding hydrogens is 334 g/mol. The molecule has 2 aromatic rings. The summed E-state index contributed by atoms with van der Waals surface area (Å²) in [7, 11) is 1.54. The van der Waals surface area contributed by atoms with Gasteiger partial charge >= 0.3 is 0 Å². The van der Waals surface area contributed by atoms with Crippen LogP contribution in [0.2, 0.25) is 0 Å². The number of amides is 1. The average molecular weight is 353 g/mol. The number of likely N-dealkylation sites (tertiary alicyclic amines) is 1. The molecule has 134 valence electrons. The number of β-amino-alcohol motifs (C(OH)–C–C–N with tert-alkyl or cyclic N) is 1. The lowest BCUT2D eigenvalue weighted by Gasteiger charge is -2.24. The fourth-order valence-electron chi connectivity index (χ4n) is 3.10. The first-order valence-electron chi connectivity index (χ1n) is 8.17. The monoisotopic (exact) mass is 353 g/mol. The first-order chi connectivity index (χ1) is 12.6. The summed E-state index contributed by atoms with van der Waals surface area (Å²) >= 11 is 0. The van der Waals surface area contributed by atoms with Crippen LogP contribution in [0, 0.1) is 0 Å². The third kappa shape index (κ3) is 3.07. The van der Waals surface area contributed by atoms with E-state index >= 15 is 0 Å². The standard InChI is InChI=1S/C20H19NO5/c1-26-15-9-7-13(8-10-15)17-16(18(23)14-5-3-2-4-6-14)19(24)20(25)21(17)11-12-22/h2-10,17,22-23H,11-12H2,1H3. The SMILES string of the molecule is COc1ccc(C2C(=C(O)c3ccccc3)C(=O)C(=O)N2CCO)cc1. The maximum Gasteiger partial charge on any atom is 0.295 e. The Balaban J connectivity index is 2.15. The summed E-state index contributed by atoms with van der Waals surface area (Å²) < 4.78 is 5.14. The number of Topliss-reactive ketones (excluding diaryl/α,β-unsaturated/α-hetero) is 1. The van der Waals surface area contributed by atoms with Crippen molar-refractivity contribution in [3.05, 3.63) is 71.3 Å². The highest BCUT2D eigenvalue weighted by Crippen LogP contribution is 2.39. The van der Waals surface area contributed by atoms with E-state index in [4.69, 9.17) is 4.74 Å². The number of hydrogen-bond acceptors (Lipinski definition) is 5. The molecule has 26 heavy (non-hydrogen) atoms. The Morgan fingerprint density at radius 2 is 1.73 bits per heavy atom. The topological polar surface area (TPSA) is 87.1 Å². The minimum absolute atomic E-state index is 0.00710. The van der Waals surface area contributed by atoms with E-state index in [2.05, 4.69) is 0 Å². The molecule has 1 aliphatic rings. The number of benzene rings is 2. The van der Waals surface area contributed by atoms with Crippen molar-refractivity contribution in [2.75, 3.05) is 20.3 Å². The molecule has 1 amide bonds. The minimum atomic E-state index is -0.770. The summed E-state index contributed by atoms with van der Waals surface area (Å²) in [4.78, 5) is 26.3. The zero-order valence-corrected chi connectivity index (χ0v) is 14.3. The van der Waals surface area contributed by atoms with Gasteiger partial charge in [-0.1, -0.05) is 42.5 Å². The van der Waals surface area contributed by atoms with Crippen LogP contribution in [-0.2, 0) is 9.59 Å². The normalized spacial score (nSPS) is 19.0. The van der Waals surface area contributed by atoms with Crippen molar-refractivity contribution in [1.82, 2.24) is 4.90 Å². The highest BCUT2D eigenvalue weighted by atomic mass is 16.5. The van der Waals surface area contributed by atoms with E-state index in [-0.39, 0.29) is 24.5 Å². The third-order valence-corrected chi connectivity index (χ3v) is 4.36. The first-order valence-corrected chi connectivity index (χ1v) is 8.17. The van der Waals surface area contributed by atoms with E-state index in [0.29, 0.717) is 16.9 Å². The van der Waals surface area contributed by atoms with Crippen molar-refractivity contribution in [2.45, 2.75) is 6.04 Å². The molecule has 3 rings (SSSR count). The molecule has 6 heteroatoms. The van der Waals surface area contributed by atoms with E-state index < -0.39 is 17.7 Å². The van der Waals surface area contributed by atoms with Gasteiger partial charge in [0.15, 0.2) is 0 Å². The molecule has 0 aliphatic carbocycles. The van der Waals surface area contributed by atoms with Crippen LogP contribution in [0.5, 0.6) is 5.75 Å². The van der Waals surface area contributed by atoms with Crippen molar-refractivity contribution in [2.24, 2.45) is 0 Å². The molecule has 1 fully saturated rings. The number of ether oxygens (including phenoxy) is 1. The molecule has 0 saturated carbocycles. The lowest BCUT2D eigenvalue weighted by Crippen LogP contribution is -2.32. The van der Waals surface area contributed by atoms with Gasteiger partial charge in [0.2, 0.25) is 0 Å². The summed E-state index contributed by atoms with van der Waals surface area (Å²) in [6.07, 6.45) is 0. The van der Waals surface area contributed by atoms with Crippen LogP contribution in [0.1, 0.15) is 17.2 Å². The highest BCUT2D eigenvalue weighted by Gasteiger charge is 2.45. The fraction of sp³-hybridized carbons (Fsp3) is 0.200. The fourth-order valence-corrected chi connectivity index (χ4v) is 3.10. The molecule has 0 radical (unpaired) electrons. The second-order valence-electron chi connectivity index (χ2n) is 5.86. The number of aliphatic hydroxyl groups is 2. The third-order valence-electron chi connectivity index (χ3n) is 4.36. The van der Waals surface area contributed by atoms with E-state index in [9.17, 15) is 19.8 Å². The maximum absolute atomic E-state index is 12.6. The van der Waals surface area contributed by atoms with E-state index in [1.54, 1.807) is 61.7 Å². The van der Waals surface area contributed by atoms with Crippen LogP contribution in [0.25, 0.3) is 5.76 Å². The Morgan fingerprint density at radius 3 is 2.31 bits per heavy atom. The van der Waals surface area contributed by atoms with Crippen LogP contribution >= 0.6 is 0 Å². The Morgan fingerprint density at radius 1 is 1.08 bits per heavy atom. The van der Waals surface area contributed by atoms with Gasteiger partial charge in [-0.15, -0.1) is 0 Å². The zero-order chi connectivity index (χ0) is 18.7. The van der Waals surface area contributed by atoms with Gasteiger partial charge in [-0.2, -0.15) is 0 Å². The predicted octanol–water partition coefficient (Wildman–Crippen LogP) is 2.11. The smallest absolute Gasteiger partial charge is 0.295 e. The quantitative estimate of drug-likeness (QED) is 0.488. The molecule has 0 bridgehead atoms. The Labute approximate surface area is 150 Å². The molecule has 2 N–H and O–H groups in total. The van der Waals surface area contributed by atoms with Crippen LogP contribution in [0.3, 0.4) is 0 Å². The lowest BCUT2D eigenvalue weighted by atomic mass is 9.95. The summed E-state index contributed by atoms with van der Waals surface area (Å²) in [5.41, 5.74) is 1.11. The number of carbonyl (C=O) groups excluding carboxylic acids is 2. The number of methoxy groups -OCH3 is 1. The molecule has 1 unspecified atom stereocenters. The lowest BCUT2D eigenvalue weighted by molar-refractivity contribution is -0.140. The first kappa shape index (κ1) is 17.7. The summed E-state index contributed by atoms with van der Waals surface area (Å²) in [5.74, 6) is -1.10. The second-order valence-corrected chi connectivity index (χ2v) is 5.86. The summed E-state index contributed by atoms with van der Waals surface area (Å²) in [6.45, 7) is -0.294. The van der Waals surface area contributed by atoms with Gasteiger partial charge in [-0.05, 0) is 17.7 Å². The molecule has 0 aromatic heterocycles. The second kappa shape index (κ2) is 7.41. The number of rotatable bonds is 5. The molecule has 1 atom stereocenters. The molecule has 0 spiro atoms. The summed E-state index contributed by atoms with van der Waals surface area (Å²) in [6, 6.07) is 14.7. The van der Waals surface area contributed by atoms with E-state index in [1.165, 1.54) is 4.90 Å². The molecule has 1 saturated heterocycles. The van der Waals surface area contributed by atoms with Crippen molar-refractivity contribution in [1.29, 1.82) is 0 Å². The largest absolute Gasteiger partial charge is 0.507 e. The number of hydrogen-bond donors (Lipinski definition) is 2. The molecule has 1 aliphatic heterocycles. The van der Waals surface area contributed by atoms with Crippen LogP contribution in [0.15, 0.2) is 60.2 Å². The van der Waals surface area contributed by atoms with Gasteiger partial charge < -0.3 is 19.8 Å². The number of carbonyl (C=O) groups is 2. The molecule has 1 heterocycles. The van der Waals surface area contributed by atoms with Gasteiger partial charge in [-0.3, -0.25) is 9.59 Å².